The minimum atomic E-state index is -0.481. The summed E-state index contributed by atoms with van der Waals surface area (Å²) < 4.78 is 4.68. The van der Waals surface area contributed by atoms with Crippen LogP contribution >= 0.6 is 0 Å². The first-order chi connectivity index (χ1) is 3.39. The van der Waals surface area contributed by atoms with Crippen molar-refractivity contribution in [3.63, 3.8) is 0 Å². The molecule has 1 rings (SSSR count). The van der Waals surface area contributed by atoms with Crippen molar-refractivity contribution in [3.05, 3.63) is 24.5 Å². The van der Waals surface area contributed by atoms with Gasteiger partial charge >= 0.3 is 0 Å². The first-order valence-corrected chi connectivity index (χ1v) is 2.09. The summed E-state index contributed by atoms with van der Waals surface area (Å²) in [7, 11) is 0. The molecule has 0 saturated carbocycles. The predicted octanol–water partition coefficient (Wildman–Crippen LogP) is 0.696. The Bertz CT molecular complexity index is 107. The smallest absolute Gasteiger partial charge is 0.181 e. The van der Waals surface area contributed by atoms with Gasteiger partial charge < -0.3 is 4.74 Å². The molecule has 37 valence electrons. The molecule has 2 heteroatoms. The molecule has 1 aliphatic rings. The molecule has 0 amide bonds. The Balaban J connectivity index is 2.49. The molecular formula is C5H6NO. The van der Waals surface area contributed by atoms with Gasteiger partial charge in [-0.1, -0.05) is 6.08 Å². The zero-order valence-corrected chi connectivity index (χ0v) is 3.79. The van der Waals surface area contributed by atoms with Gasteiger partial charge in [0.25, 0.3) is 0 Å². The Morgan fingerprint density at radius 2 is 2.29 bits per heavy atom. The molecule has 0 saturated heterocycles. The fraction of sp³-hybridized carbons (Fsp3) is 0.200. The summed E-state index contributed by atoms with van der Waals surface area (Å²) in [6.07, 6.45) is 6.24. The van der Waals surface area contributed by atoms with Gasteiger partial charge in [0.1, 0.15) is 0 Å². The summed E-state index contributed by atoms with van der Waals surface area (Å²) in [4.78, 5) is 0. The lowest BCUT2D eigenvalue weighted by molar-refractivity contribution is 0.183. The molecule has 0 aromatic carbocycles. The van der Waals surface area contributed by atoms with E-state index in [1.807, 2.05) is 0 Å². The molecule has 0 aliphatic carbocycles. The van der Waals surface area contributed by atoms with Crippen molar-refractivity contribution >= 4 is 0 Å². The van der Waals surface area contributed by atoms with Crippen molar-refractivity contribution in [1.82, 2.24) is 5.73 Å². The topological polar surface area (TPSA) is 33.0 Å². The second-order valence-electron chi connectivity index (χ2n) is 1.27. The molecule has 1 heterocycles. The van der Waals surface area contributed by atoms with Crippen molar-refractivity contribution in [2.45, 2.75) is 6.23 Å². The monoisotopic (exact) mass is 96.0 g/mol. The minimum absolute atomic E-state index is 0.481. The van der Waals surface area contributed by atoms with E-state index >= 15 is 0 Å². The lowest BCUT2D eigenvalue weighted by Gasteiger charge is -2.05. The highest BCUT2D eigenvalue weighted by molar-refractivity contribution is 5.05. The number of hydrogen-bond acceptors (Lipinski definition) is 1. The highest BCUT2D eigenvalue weighted by atomic mass is 16.5. The van der Waals surface area contributed by atoms with E-state index in [9.17, 15) is 0 Å². The maximum atomic E-state index is 6.91. The van der Waals surface area contributed by atoms with E-state index in [2.05, 4.69) is 4.74 Å². The Morgan fingerprint density at radius 3 is 2.57 bits per heavy atom. The highest BCUT2D eigenvalue weighted by Gasteiger charge is 1.94. The van der Waals surface area contributed by atoms with E-state index in [-0.39, 0.29) is 0 Å². The Labute approximate surface area is 42.3 Å². The quantitative estimate of drug-likeness (QED) is 0.437. The lowest BCUT2D eigenvalue weighted by Crippen LogP contribution is -2.07. The van der Waals surface area contributed by atoms with Crippen LogP contribution in [0.25, 0.3) is 0 Å². The van der Waals surface area contributed by atoms with Crippen LogP contribution in [0.2, 0.25) is 0 Å². The normalized spacial score (nSPS) is 27.3. The van der Waals surface area contributed by atoms with E-state index in [1.165, 1.54) is 6.26 Å². The molecule has 0 aromatic heterocycles. The van der Waals surface area contributed by atoms with Crippen LogP contribution in [0, 0.1) is 0 Å². The number of nitrogens with one attached hydrogen (secondary N) is 1. The lowest BCUT2D eigenvalue weighted by atomic mass is 10.4. The summed E-state index contributed by atoms with van der Waals surface area (Å²) >= 11 is 0. The molecule has 1 unspecified atom stereocenters. The zero-order valence-electron chi connectivity index (χ0n) is 3.79. The third kappa shape index (κ3) is 1.05. The molecular weight excluding hydrogens is 90.1 g/mol. The maximum Gasteiger partial charge on any atom is 0.181 e. The van der Waals surface area contributed by atoms with Crippen LogP contribution < -0.4 is 5.73 Å². The molecule has 1 aliphatic heterocycles. The summed E-state index contributed by atoms with van der Waals surface area (Å²) in [5.41, 5.74) is 6.91. The summed E-state index contributed by atoms with van der Waals surface area (Å²) in [6, 6.07) is 0. The summed E-state index contributed by atoms with van der Waals surface area (Å²) in [5.74, 6) is 0. The van der Waals surface area contributed by atoms with Gasteiger partial charge in [0.2, 0.25) is 0 Å². The predicted molar refractivity (Wildman–Crippen MR) is 26.2 cm³/mol. The Morgan fingerprint density at radius 1 is 1.43 bits per heavy atom. The van der Waals surface area contributed by atoms with Crippen LogP contribution in [0.5, 0.6) is 0 Å². The van der Waals surface area contributed by atoms with Crippen LogP contribution in [0.3, 0.4) is 0 Å². The van der Waals surface area contributed by atoms with E-state index < -0.39 is 6.23 Å². The van der Waals surface area contributed by atoms with Crippen LogP contribution in [-0.4, -0.2) is 6.23 Å². The fourth-order valence-corrected chi connectivity index (χ4v) is 0.386. The van der Waals surface area contributed by atoms with E-state index in [0.29, 0.717) is 0 Å². The second-order valence-corrected chi connectivity index (χ2v) is 1.27. The van der Waals surface area contributed by atoms with Gasteiger partial charge in [-0.3, -0.25) is 0 Å². The number of hydrogen-bond donors (Lipinski definition) is 0. The number of ether oxygens (including phenoxy) is 1. The van der Waals surface area contributed by atoms with Gasteiger partial charge in [-0.15, -0.1) is 0 Å². The largest absolute Gasteiger partial charge is 0.478 e. The van der Waals surface area contributed by atoms with Crippen molar-refractivity contribution in [2.24, 2.45) is 0 Å². The van der Waals surface area contributed by atoms with Crippen molar-refractivity contribution < 1.29 is 4.74 Å². The van der Waals surface area contributed by atoms with Gasteiger partial charge in [0.15, 0.2) is 6.23 Å². The van der Waals surface area contributed by atoms with Crippen molar-refractivity contribution in [3.8, 4) is 0 Å². The number of rotatable bonds is 0. The Hall–Kier alpha value is -0.760. The van der Waals surface area contributed by atoms with E-state index in [0.717, 1.165) is 0 Å². The molecule has 0 fully saturated rings. The van der Waals surface area contributed by atoms with Gasteiger partial charge in [-0.25, -0.2) is 5.73 Å². The fourth-order valence-electron chi connectivity index (χ4n) is 0.386. The van der Waals surface area contributed by atoms with E-state index in [4.69, 9.17) is 5.73 Å². The number of allylic oxidation sites excluding steroid dienone is 2. The molecule has 7 heavy (non-hydrogen) atoms. The average molecular weight is 96.1 g/mol. The van der Waals surface area contributed by atoms with Gasteiger partial charge in [0.05, 0.1) is 6.26 Å². The first-order valence-electron chi connectivity index (χ1n) is 2.09. The van der Waals surface area contributed by atoms with Crippen LogP contribution in [0.4, 0.5) is 0 Å². The highest BCUT2D eigenvalue weighted by Crippen LogP contribution is 1.95. The summed E-state index contributed by atoms with van der Waals surface area (Å²) in [6.45, 7) is 0. The summed E-state index contributed by atoms with van der Waals surface area (Å²) in [5, 5.41) is 0. The van der Waals surface area contributed by atoms with Crippen molar-refractivity contribution in [1.29, 1.82) is 0 Å². The molecule has 2 nitrogen and oxygen atoms in total. The van der Waals surface area contributed by atoms with E-state index in [1.54, 1.807) is 18.2 Å². The van der Waals surface area contributed by atoms with Crippen LogP contribution in [0.1, 0.15) is 0 Å². The molecule has 1 radical (unpaired) electrons. The first kappa shape index (κ1) is 4.40. The second kappa shape index (κ2) is 1.80. The molecule has 0 spiro atoms. The SMILES string of the molecule is [NH]C1C=CC=CO1. The average Bonchev–Trinajstić information content (AvgIpc) is 1.69. The third-order valence-electron chi connectivity index (χ3n) is 0.701. The maximum absolute atomic E-state index is 6.91. The molecule has 0 aromatic rings. The third-order valence-corrected chi connectivity index (χ3v) is 0.701. The molecule has 1 N–H and O–H groups in total. The van der Waals surface area contributed by atoms with Crippen molar-refractivity contribution in [2.75, 3.05) is 0 Å². The minimum Gasteiger partial charge on any atom is -0.478 e. The van der Waals surface area contributed by atoms with Gasteiger partial charge in [-0.2, -0.15) is 0 Å². The molecule has 0 bridgehead atoms. The Kier molecular flexibility index (Phi) is 1.13. The zero-order chi connectivity index (χ0) is 5.11. The van der Waals surface area contributed by atoms with Gasteiger partial charge in [-0.05, 0) is 12.2 Å². The standard InChI is InChI=1S/C5H6NO/c6-5-3-1-2-4-7-5/h1-6H. The van der Waals surface area contributed by atoms with Crippen LogP contribution in [-0.2, 0) is 4.74 Å². The van der Waals surface area contributed by atoms with Gasteiger partial charge in [0, 0.05) is 0 Å². The molecule has 1 atom stereocenters. The van der Waals surface area contributed by atoms with Crippen LogP contribution in [0.15, 0.2) is 24.5 Å².